The zero-order valence-corrected chi connectivity index (χ0v) is 15.5. The lowest BCUT2D eigenvalue weighted by Crippen LogP contribution is -2.17. The summed E-state index contributed by atoms with van der Waals surface area (Å²) >= 11 is 0. The van der Waals surface area contributed by atoms with Gasteiger partial charge in [-0.15, -0.1) is 0 Å². The summed E-state index contributed by atoms with van der Waals surface area (Å²) < 4.78 is 12.7. The summed E-state index contributed by atoms with van der Waals surface area (Å²) in [5, 5.41) is 21.8. The fourth-order valence-electron chi connectivity index (χ4n) is 3.15. The minimum absolute atomic E-state index is 0.110. The standard InChI is InChI=1S/C21H17N3O5/c1-24-17(8-13-3-2-4-18(19(13)24)29-11-14-10-28-14)20(25)23-16-6-5-12(9-22)7-15(16)21(26)27/h2-8,14H,10-11H2,1H3,(H,23,25)(H,26,27). The molecule has 29 heavy (non-hydrogen) atoms. The zero-order valence-electron chi connectivity index (χ0n) is 15.5. The molecule has 0 aliphatic carbocycles. The van der Waals surface area contributed by atoms with Gasteiger partial charge in [0.05, 0.1) is 35.0 Å². The number of epoxide rings is 1. The van der Waals surface area contributed by atoms with E-state index in [9.17, 15) is 14.7 Å². The van der Waals surface area contributed by atoms with Crippen LogP contribution in [0.4, 0.5) is 5.69 Å². The van der Waals surface area contributed by atoms with E-state index in [1.54, 1.807) is 17.7 Å². The van der Waals surface area contributed by atoms with E-state index in [1.807, 2.05) is 24.3 Å². The Bertz CT molecular complexity index is 1170. The number of carbonyl (C=O) groups is 2. The number of fused-ring (bicyclic) bond motifs is 1. The average Bonchev–Trinajstić information content (AvgIpc) is 3.48. The second kappa shape index (κ2) is 7.30. The van der Waals surface area contributed by atoms with E-state index in [4.69, 9.17) is 14.7 Å². The van der Waals surface area contributed by atoms with Crippen molar-refractivity contribution in [2.24, 2.45) is 7.05 Å². The monoisotopic (exact) mass is 391 g/mol. The molecular formula is C21H17N3O5. The highest BCUT2D eigenvalue weighted by Crippen LogP contribution is 2.29. The van der Waals surface area contributed by atoms with Crippen molar-refractivity contribution < 1.29 is 24.2 Å². The summed E-state index contributed by atoms with van der Waals surface area (Å²) in [7, 11) is 1.74. The molecule has 0 spiro atoms. The Morgan fingerprint density at radius 2 is 2.14 bits per heavy atom. The molecule has 2 heterocycles. The summed E-state index contributed by atoms with van der Waals surface area (Å²) in [4.78, 5) is 24.4. The molecule has 8 heteroatoms. The van der Waals surface area contributed by atoms with Gasteiger partial charge in [0, 0.05) is 12.4 Å². The van der Waals surface area contributed by atoms with Gasteiger partial charge in [0.25, 0.3) is 5.91 Å². The van der Waals surface area contributed by atoms with Crippen LogP contribution in [0.1, 0.15) is 26.4 Å². The molecule has 1 aliphatic rings. The fraction of sp³-hybridized carbons (Fsp3) is 0.190. The number of carboxylic acids is 1. The van der Waals surface area contributed by atoms with E-state index in [1.165, 1.54) is 18.2 Å². The van der Waals surface area contributed by atoms with E-state index in [-0.39, 0.29) is 22.9 Å². The zero-order chi connectivity index (χ0) is 20.5. The molecule has 1 aromatic heterocycles. The summed E-state index contributed by atoms with van der Waals surface area (Å²) in [5.74, 6) is -1.05. The molecule has 4 rings (SSSR count). The summed E-state index contributed by atoms with van der Waals surface area (Å²) in [6.45, 7) is 1.13. The number of nitriles is 1. The maximum atomic E-state index is 12.9. The van der Waals surface area contributed by atoms with Gasteiger partial charge in [-0.25, -0.2) is 4.79 Å². The lowest BCUT2D eigenvalue weighted by Gasteiger charge is -2.11. The Labute approximate surface area is 165 Å². The first-order valence-electron chi connectivity index (χ1n) is 8.89. The van der Waals surface area contributed by atoms with Crippen molar-refractivity contribution in [3.8, 4) is 11.8 Å². The summed E-state index contributed by atoms with van der Waals surface area (Å²) in [6, 6.07) is 13.2. The first-order valence-corrected chi connectivity index (χ1v) is 8.89. The topological polar surface area (TPSA) is 117 Å². The Morgan fingerprint density at radius 1 is 1.34 bits per heavy atom. The normalized spacial score (nSPS) is 15.0. The number of aromatic nitrogens is 1. The van der Waals surface area contributed by atoms with Crippen LogP contribution >= 0.6 is 0 Å². The number of amides is 1. The highest BCUT2D eigenvalue weighted by Gasteiger charge is 2.24. The number of nitrogens with zero attached hydrogens (tertiary/aromatic N) is 2. The number of ether oxygens (including phenoxy) is 2. The maximum absolute atomic E-state index is 12.9. The van der Waals surface area contributed by atoms with Gasteiger partial charge in [0.2, 0.25) is 0 Å². The van der Waals surface area contributed by atoms with Crippen molar-refractivity contribution in [1.82, 2.24) is 4.57 Å². The quantitative estimate of drug-likeness (QED) is 0.624. The van der Waals surface area contributed by atoms with E-state index < -0.39 is 11.9 Å². The predicted molar refractivity (Wildman–Crippen MR) is 104 cm³/mol. The van der Waals surface area contributed by atoms with Gasteiger partial charge >= 0.3 is 5.97 Å². The van der Waals surface area contributed by atoms with Crippen molar-refractivity contribution in [1.29, 1.82) is 5.26 Å². The van der Waals surface area contributed by atoms with Gasteiger partial charge in [-0.2, -0.15) is 5.26 Å². The Kier molecular flexibility index (Phi) is 4.66. The van der Waals surface area contributed by atoms with Gasteiger partial charge in [0.1, 0.15) is 24.2 Å². The number of nitrogens with one attached hydrogen (secondary N) is 1. The molecule has 0 bridgehead atoms. The average molecular weight is 391 g/mol. The van der Waals surface area contributed by atoms with Crippen LogP contribution in [0.2, 0.25) is 0 Å². The van der Waals surface area contributed by atoms with Crippen molar-refractivity contribution in [3.63, 3.8) is 0 Å². The summed E-state index contributed by atoms with van der Waals surface area (Å²) in [6.07, 6.45) is 0.110. The smallest absolute Gasteiger partial charge is 0.337 e. The third-order valence-corrected chi connectivity index (χ3v) is 4.71. The highest BCUT2D eigenvalue weighted by atomic mass is 16.6. The molecule has 8 nitrogen and oxygen atoms in total. The largest absolute Gasteiger partial charge is 0.489 e. The number of benzene rings is 2. The molecule has 1 amide bonds. The molecule has 1 fully saturated rings. The van der Waals surface area contributed by atoms with Crippen LogP contribution in [0.15, 0.2) is 42.5 Å². The number of aryl methyl sites for hydroxylation is 1. The van der Waals surface area contributed by atoms with Crippen molar-refractivity contribution in [2.45, 2.75) is 6.10 Å². The first kappa shape index (κ1) is 18.5. The van der Waals surface area contributed by atoms with Crippen LogP contribution in [0, 0.1) is 11.3 Å². The molecule has 2 N–H and O–H groups in total. The van der Waals surface area contributed by atoms with E-state index in [0.29, 0.717) is 24.7 Å². The number of hydrogen-bond acceptors (Lipinski definition) is 5. The van der Waals surface area contributed by atoms with Gasteiger partial charge < -0.3 is 24.5 Å². The van der Waals surface area contributed by atoms with E-state index >= 15 is 0 Å². The number of anilines is 1. The van der Waals surface area contributed by atoms with E-state index in [0.717, 1.165) is 10.9 Å². The molecule has 1 atom stereocenters. The Balaban J connectivity index is 1.66. The fourth-order valence-corrected chi connectivity index (χ4v) is 3.15. The highest BCUT2D eigenvalue weighted by molar-refractivity contribution is 6.09. The van der Waals surface area contributed by atoms with Crippen molar-refractivity contribution in [2.75, 3.05) is 18.5 Å². The molecule has 0 radical (unpaired) electrons. The van der Waals surface area contributed by atoms with Crippen molar-refractivity contribution in [3.05, 3.63) is 59.3 Å². The Morgan fingerprint density at radius 3 is 2.83 bits per heavy atom. The number of carbonyl (C=O) groups excluding carboxylic acids is 1. The van der Waals surface area contributed by atoms with Crippen LogP contribution in [0.3, 0.4) is 0 Å². The lowest BCUT2D eigenvalue weighted by atomic mass is 10.1. The van der Waals surface area contributed by atoms with E-state index in [2.05, 4.69) is 5.32 Å². The second-order valence-electron chi connectivity index (χ2n) is 6.68. The van der Waals surface area contributed by atoms with Crippen LogP contribution < -0.4 is 10.1 Å². The molecule has 1 aliphatic heterocycles. The minimum Gasteiger partial charge on any atom is -0.489 e. The van der Waals surface area contributed by atoms with Crippen molar-refractivity contribution >= 4 is 28.5 Å². The predicted octanol–water partition coefficient (Wildman–Crippen LogP) is 2.78. The summed E-state index contributed by atoms with van der Waals surface area (Å²) in [5.41, 5.74) is 1.28. The van der Waals surface area contributed by atoms with Gasteiger partial charge in [-0.3, -0.25) is 4.79 Å². The number of para-hydroxylation sites is 1. The molecule has 2 aromatic carbocycles. The minimum atomic E-state index is -1.23. The molecule has 3 aromatic rings. The maximum Gasteiger partial charge on any atom is 0.337 e. The molecule has 1 unspecified atom stereocenters. The van der Waals surface area contributed by atoms with Crippen LogP contribution in [-0.4, -0.2) is 40.9 Å². The van der Waals surface area contributed by atoms with Crippen LogP contribution in [0.25, 0.3) is 10.9 Å². The SMILES string of the molecule is Cn1c(C(=O)Nc2ccc(C#N)cc2C(=O)O)cc2cccc(OCC3CO3)c21. The number of rotatable bonds is 6. The first-order chi connectivity index (χ1) is 14.0. The number of hydrogen-bond donors (Lipinski definition) is 2. The third-order valence-electron chi connectivity index (χ3n) is 4.71. The van der Waals surface area contributed by atoms with Gasteiger partial charge in [0.15, 0.2) is 0 Å². The molecule has 1 saturated heterocycles. The third kappa shape index (κ3) is 3.63. The Hall–Kier alpha value is -3.83. The lowest BCUT2D eigenvalue weighted by molar-refractivity contribution is 0.0698. The number of aromatic carboxylic acids is 1. The van der Waals surface area contributed by atoms with Crippen LogP contribution in [0.5, 0.6) is 5.75 Å². The second-order valence-corrected chi connectivity index (χ2v) is 6.68. The molecule has 146 valence electrons. The number of carboxylic acid groups (broad SMARTS) is 1. The van der Waals surface area contributed by atoms with Crippen LogP contribution in [-0.2, 0) is 11.8 Å². The molecular weight excluding hydrogens is 374 g/mol. The van der Waals surface area contributed by atoms with Gasteiger partial charge in [-0.05, 0) is 30.3 Å². The van der Waals surface area contributed by atoms with Gasteiger partial charge in [-0.1, -0.05) is 12.1 Å². The molecule has 0 saturated carbocycles.